The van der Waals surface area contributed by atoms with Gasteiger partial charge >= 0.3 is 5.97 Å². The Morgan fingerprint density at radius 3 is 2.13 bits per heavy atom. The largest absolute Gasteiger partial charge is 0.387 e. The maximum Gasteiger partial charge on any atom is 0.373 e. The second-order valence-electron chi connectivity index (χ2n) is 2.62. The SMILES string of the molecule is COOC(=O)[C@@H](O)[C@H](O)[C@H](O)[C@@H](O)C=O. The highest BCUT2D eigenvalue weighted by atomic mass is 17.2. The Morgan fingerprint density at radius 2 is 1.73 bits per heavy atom. The predicted octanol–water partition coefficient (Wildman–Crippen LogP) is -3.27. The first kappa shape index (κ1) is 13.9. The Hall–Kier alpha value is -1.06. The minimum absolute atomic E-state index is 0.0533. The standard InChI is InChI=1S/C7H12O8/c1-14-15-7(13)6(12)5(11)4(10)3(9)2-8/h2-6,9-12H,1H3/t3-,4+,5+,6-/m0/s1. The van der Waals surface area contributed by atoms with E-state index in [1.54, 1.807) is 0 Å². The molecular formula is C7H12O8. The first-order valence-corrected chi connectivity index (χ1v) is 3.87. The van der Waals surface area contributed by atoms with Crippen molar-refractivity contribution in [2.75, 3.05) is 7.11 Å². The molecule has 0 unspecified atom stereocenters. The van der Waals surface area contributed by atoms with Gasteiger partial charge in [0.15, 0.2) is 12.4 Å². The third-order valence-corrected chi connectivity index (χ3v) is 1.57. The Kier molecular flexibility index (Phi) is 5.97. The molecule has 8 nitrogen and oxygen atoms in total. The van der Waals surface area contributed by atoms with Gasteiger partial charge in [0, 0.05) is 0 Å². The quantitative estimate of drug-likeness (QED) is 0.210. The van der Waals surface area contributed by atoms with Crippen LogP contribution in [0.3, 0.4) is 0 Å². The van der Waals surface area contributed by atoms with Gasteiger partial charge in [-0.15, -0.1) is 0 Å². The van der Waals surface area contributed by atoms with Crippen molar-refractivity contribution < 1.29 is 39.8 Å². The molecule has 0 aromatic carbocycles. The van der Waals surface area contributed by atoms with Crippen molar-refractivity contribution in [2.24, 2.45) is 0 Å². The summed E-state index contributed by atoms with van der Waals surface area (Å²) < 4.78 is 0. The number of aliphatic hydroxyl groups is 4. The molecule has 0 saturated heterocycles. The number of carbonyl (C=O) groups is 2. The maximum atomic E-state index is 10.8. The molecule has 0 rings (SSSR count). The van der Waals surface area contributed by atoms with Crippen LogP contribution in [0.5, 0.6) is 0 Å². The average Bonchev–Trinajstić information content (AvgIpc) is 2.25. The van der Waals surface area contributed by atoms with Crippen molar-refractivity contribution in [3.05, 3.63) is 0 Å². The monoisotopic (exact) mass is 224 g/mol. The lowest BCUT2D eigenvalue weighted by Crippen LogP contribution is -2.48. The van der Waals surface area contributed by atoms with Crippen LogP contribution < -0.4 is 0 Å². The van der Waals surface area contributed by atoms with Crippen LogP contribution in [0.2, 0.25) is 0 Å². The van der Waals surface area contributed by atoms with Crippen molar-refractivity contribution in [2.45, 2.75) is 24.4 Å². The fourth-order valence-corrected chi connectivity index (χ4v) is 0.740. The molecule has 0 aromatic rings. The molecule has 0 spiro atoms. The van der Waals surface area contributed by atoms with E-state index in [1.165, 1.54) is 0 Å². The molecule has 0 aromatic heterocycles. The Labute approximate surface area is 84.6 Å². The van der Waals surface area contributed by atoms with Gasteiger partial charge < -0.3 is 25.2 Å². The summed E-state index contributed by atoms with van der Waals surface area (Å²) in [4.78, 5) is 28.6. The highest BCUT2D eigenvalue weighted by molar-refractivity contribution is 5.74. The summed E-state index contributed by atoms with van der Waals surface area (Å²) in [5.74, 6) is -1.36. The van der Waals surface area contributed by atoms with Crippen LogP contribution in [0, 0.1) is 0 Å². The number of rotatable bonds is 6. The molecule has 0 aliphatic rings. The Balaban J connectivity index is 4.35. The van der Waals surface area contributed by atoms with Gasteiger partial charge in [0.05, 0.1) is 7.11 Å². The summed E-state index contributed by atoms with van der Waals surface area (Å²) in [6.45, 7) is 0. The third kappa shape index (κ3) is 3.90. The average molecular weight is 224 g/mol. The minimum atomic E-state index is -2.13. The third-order valence-electron chi connectivity index (χ3n) is 1.57. The van der Waals surface area contributed by atoms with E-state index < -0.39 is 30.4 Å². The van der Waals surface area contributed by atoms with E-state index in [4.69, 9.17) is 20.4 Å². The first-order chi connectivity index (χ1) is 6.95. The number of aldehydes is 1. The van der Waals surface area contributed by atoms with Crippen LogP contribution in [-0.4, -0.2) is 64.2 Å². The summed E-state index contributed by atoms with van der Waals surface area (Å²) in [6.07, 6.45) is -8.16. The van der Waals surface area contributed by atoms with Crippen LogP contribution in [0.15, 0.2) is 0 Å². The zero-order valence-corrected chi connectivity index (χ0v) is 7.81. The molecule has 0 saturated carbocycles. The second-order valence-corrected chi connectivity index (χ2v) is 2.62. The molecule has 4 atom stereocenters. The van der Waals surface area contributed by atoms with Crippen LogP contribution in [0.4, 0.5) is 0 Å². The Morgan fingerprint density at radius 1 is 1.20 bits per heavy atom. The molecule has 0 amide bonds. The number of aliphatic hydroxyl groups excluding tert-OH is 4. The van der Waals surface area contributed by atoms with Crippen LogP contribution in [-0.2, 0) is 19.4 Å². The molecule has 8 heteroatoms. The van der Waals surface area contributed by atoms with E-state index in [0.717, 1.165) is 7.11 Å². The minimum Gasteiger partial charge on any atom is -0.387 e. The molecule has 15 heavy (non-hydrogen) atoms. The molecule has 4 N–H and O–H groups in total. The maximum absolute atomic E-state index is 10.8. The zero-order valence-electron chi connectivity index (χ0n) is 7.81. The summed E-state index contributed by atoms with van der Waals surface area (Å²) in [5, 5.41) is 36.0. The molecular weight excluding hydrogens is 212 g/mol. The van der Waals surface area contributed by atoms with Crippen LogP contribution >= 0.6 is 0 Å². The molecule has 0 radical (unpaired) electrons. The van der Waals surface area contributed by atoms with E-state index >= 15 is 0 Å². The Bertz CT molecular complexity index is 217. The van der Waals surface area contributed by atoms with Gasteiger partial charge in [0.2, 0.25) is 0 Å². The zero-order chi connectivity index (χ0) is 12.0. The second kappa shape index (κ2) is 6.43. The molecule has 0 bridgehead atoms. The molecule has 0 aliphatic carbocycles. The lowest BCUT2D eigenvalue weighted by molar-refractivity contribution is -0.267. The fraction of sp³-hybridized carbons (Fsp3) is 0.714. The lowest BCUT2D eigenvalue weighted by atomic mass is 10.0. The highest BCUT2D eigenvalue weighted by Gasteiger charge is 2.35. The normalized spacial score (nSPS) is 18.7. The number of hydrogen-bond donors (Lipinski definition) is 4. The molecule has 88 valence electrons. The van der Waals surface area contributed by atoms with Crippen molar-refractivity contribution in [1.29, 1.82) is 0 Å². The van der Waals surface area contributed by atoms with Gasteiger partial charge in [-0.05, 0) is 0 Å². The molecule has 0 heterocycles. The van der Waals surface area contributed by atoms with Crippen molar-refractivity contribution in [3.63, 3.8) is 0 Å². The van der Waals surface area contributed by atoms with Gasteiger partial charge in [-0.25, -0.2) is 4.79 Å². The van der Waals surface area contributed by atoms with E-state index in [0.29, 0.717) is 0 Å². The van der Waals surface area contributed by atoms with E-state index in [1.807, 2.05) is 0 Å². The van der Waals surface area contributed by atoms with Crippen molar-refractivity contribution >= 4 is 12.3 Å². The van der Waals surface area contributed by atoms with Crippen molar-refractivity contribution in [1.82, 2.24) is 0 Å². The van der Waals surface area contributed by atoms with Crippen LogP contribution in [0.1, 0.15) is 0 Å². The van der Waals surface area contributed by atoms with E-state index in [9.17, 15) is 9.59 Å². The smallest absolute Gasteiger partial charge is 0.373 e. The number of hydrogen-bond acceptors (Lipinski definition) is 8. The highest BCUT2D eigenvalue weighted by Crippen LogP contribution is 2.05. The molecule has 0 aliphatic heterocycles. The predicted molar refractivity (Wildman–Crippen MR) is 43.2 cm³/mol. The topological polar surface area (TPSA) is 134 Å². The fourth-order valence-electron chi connectivity index (χ4n) is 0.740. The summed E-state index contributed by atoms with van der Waals surface area (Å²) in [5.41, 5.74) is 0. The summed E-state index contributed by atoms with van der Waals surface area (Å²) >= 11 is 0. The summed E-state index contributed by atoms with van der Waals surface area (Å²) in [6, 6.07) is 0. The van der Waals surface area contributed by atoms with Gasteiger partial charge in [0.1, 0.15) is 18.3 Å². The van der Waals surface area contributed by atoms with E-state index in [-0.39, 0.29) is 6.29 Å². The van der Waals surface area contributed by atoms with E-state index in [2.05, 4.69) is 9.78 Å². The van der Waals surface area contributed by atoms with Crippen molar-refractivity contribution in [3.8, 4) is 0 Å². The lowest BCUT2D eigenvalue weighted by Gasteiger charge is -2.21. The van der Waals surface area contributed by atoms with Gasteiger partial charge in [-0.1, -0.05) is 0 Å². The van der Waals surface area contributed by atoms with Gasteiger partial charge in [-0.3, -0.25) is 4.89 Å². The van der Waals surface area contributed by atoms with Gasteiger partial charge in [-0.2, -0.15) is 4.89 Å². The summed E-state index contributed by atoms with van der Waals surface area (Å²) in [7, 11) is 0.994. The first-order valence-electron chi connectivity index (χ1n) is 3.87. The van der Waals surface area contributed by atoms with Crippen LogP contribution in [0.25, 0.3) is 0 Å². The number of carbonyl (C=O) groups excluding carboxylic acids is 2. The van der Waals surface area contributed by atoms with Gasteiger partial charge in [0.25, 0.3) is 0 Å². The molecule has 0 fully saturated rings.